The lowest BCUT2D eigenvalue weighted by Crippen LogP contribution is -2.64. The number of hydrogen-bond acceptors (Lipinski definition) is 7. The maximum absolute atomic E-state index is 14.2. The standard InChI is InChI=1S/C30H38F2N6O3/c1-4-37(18(2)3)28(39)23-9-19(31)5-8-25(23)41-26-14-33-17-35-27(26)36-15-30(16-36)11-21-6-7-22(12-30)38(21)29(40)24-10-20(32)13-34-24/h5,8-9,14,17-18,20-22,24,34H,4,6-7,10-13,15-16H2,1-3H3/t20-,21?,22?,24+/m1/s1. The molecule has 2 aromatic rings. The first-order valence-electron chi connectivity index (χ1n) is 14.7. The molecule has 1 aromatic heterocycles. The number of carbonyl (C=O) groups is 2. The van der Waals surface area contributed by atoms with Gasteiger partial charge >= 0.3 is 0 Å². The Morgan fingerprint density at radius 1 is 1.20 bits per heavy atom. The smallest absolute Gasteiger partial charge is 0.257 e. The highest BCUT2D eigenvalue weighted by Crippen LogP contribution is 2.52. The van der Waals surface area contributed by atoms with E-state index in [9.17, 15) is 18.4 Å². The third-order valence-electron chi connectivity index (χ3n) is 9.21. The van der Waals surface area contributed by atoms with Gasteiger partial charge in [-0.25, -0.2) is 18.7 Å². The first-order valence-corrected chi connectivity index (χ1v) is 14.7. The van der Waals surface area contributed by atoms with Crippen LogP contribution in [0.5, 0.6) is 11.5 Å². The van der Waals surface area contributed by atoms with Crippen LogP contribution < -0.4 is 15.0 Å². The Morgan fingerprint density at radius 2 is 1.93 bits per heavy atom. The van der Waals surface area contributed by atoms with Gasteiger partial charge in [-0.3, -0.25) is 9.59 Å². The number of nitrogens with zero attached hydrogens (tertiary/aromatic N) is 5. The normalized spacial score (nSPS) is 26.4. The highest BCUT2D eigenvalue weighted by atomic mass is 19.1. The highest BCUT2D eigenvalue weighted by molar-refractivity contribution is 5.97. The van der Waals surface area contributed by atoms with Crippen LogP contribution in [0.15, 0.2) is 30.7 Å². The molecule has 1 aromatic carbocycles. The van der Waals surface area contributed by atoms with Gasteiger partial charge in [0.05, 0.1) is 17.8 Å². The molecule has 41 heavy (non-hydrogen) atoms. The summed E-state index contributed by atoms with van der Waals surface area (Å²) in [6, 6.07) is 3.86. The topological polar surface area (TPSA) is 90.9 Å². The summed E-state index contributed by atoms with van der Waals surface area (Å²) in [5.41, 5.74) is 0.229. The molecule has 2 bridgehead atoms. The molecule has 0 saturated carbocycles. The Kier molecular flexibility index (Phi) is 7.33. The minimum absolute atomic E-state index is 0.0523. The van der Waals surface area contributed by atoms with Crippen LogP contribution >= 0.6 is 0 Å². The van der Waals surface area contributed by atoms with Gasteiger partial charge in [0, 0.05) is 56.1 Å². The molecular weight excluding hydrogens is 530 g/mol. The van der Waals surface area contributed by atoms with Crippen molar-refractivity contribution in [3.63, 3.8) is 0 Å². The van der Waals surface area contributed by atoms with Crippen molar-refractivity contribution >= 4 is 17.6 Å². The number of halogens is 2. The number of nitrogens with one attached hydrogen (secondary N) is 1. The van der Waals surface area contributed by atoms with E-state index >= 15 is 0 Å². The van der Waals surface area contributed by atoms with E-state index in [-0.39, 0.29) is 59.6 Å². The summed E-state index contributed by atoms with van der Waals surface area (Å²) in [5.74, 6) is 0.521. The molecule has 0 aliphatic carbocycles. The van der Waals surface area contributed by atoms with Crippen molar-refractivity contribution in [1.29, 1.82) is 0 Å². The molecule has 2 amide bonds. The molecule has 4 aliphatic heterocycles. The van der Waals surface area contributed by atoms with Crippen molar-refractivity contribution in [3.05, 3.63) is 42.1 Å². The van der Waals surface area contributed by atoms with Gasteiger partial charge in [-0.1, -0.05) is 0 Å². The van der Waals surface area contributed by atoms with Gasteiger partial charge in [0.15, 0.2) is 11.6 Å². The van der Waals surface area contributed by atoms with Crippen molar-refractivity contribution < 1.29 is 23.1 Å². The Labute approximate surface area is 239 Å². The van der Waals surface area contributed by atoms with Crippen LogP contribution in [0.4, 0.5) is 14.6 Å². The zero-order valence-corrected chi connectivity index (χ0v) is 23.9. The van der Waals surface area contributed by atoms with Gasteiger partial charge in [-0.05, 0) is 64.7 Å². The van der Waals surface area contributed by atoms with Crippen LogP contribution in [0.1, 0.15) is 63.2 Å². The van der Waals surface area contributed by atoms with E-state index in [4.69, 9.17) is 4.74 Å². The Bertz CT molecular complexity index is 1300. The zero-order chi connectivity index (χ0) is 28.9. The fourth-order valence-corrected chi connectivity index (χ4v) is 7.43. The lowest BCUT2D eigenvalue weighted by molar-refractivity contribution is -0.140. The lowest BCUT2D eigenvalue weighted by atomic mass is 9.69. The first-order chi connectivity index (χ1) is 19.7. The molecule has 4 atom stereocenters. The minimum atomic E-state index is -0.952. The number of ether oxygens (including phenoxy) is 1. The molecule has 1 N–H and O–H groups in total. The second-order valence-corrected chi connectivity index (χ2v) is 12.3. The predicted octanol–water partition coefficient (Wildman–Crippen LogP) is 3.94. The third-order valence-corrected chi connectivity index (χ3v) is 9.21. The molecule has 220 valence electrons. The molecule has 5 heterocycles. The van der Waals surface area contributed by atoms with E-state index in [0.29, 0.717) is 18.1 Å². The Balaban J connectivity index is 1.17. The first kappa shape index (κ1) is 27.8. The summed E-state index contributed by atoms with van der Waals surface area (Å²) >= 11 is 0. The minimum Gasteiger partial charge on any atom is -0.451 e. The molecule has 0 radical (unpaired) electrons. The second-order valence-electron chi connectivity index (χ2n) is 12.3. The van der Waals surface area contributed by atoms with Crippen LogP contribution in [-0.4, -0.2) is 88.1 Å². The van der Waals surface area contributed by atoms with Gasteiger partial charge in [0.25, 0.3) is 5.91 Å². The van der Waals surface area contributed by atoms with E-state index in [1.165, 1.54) is 24.5 Å². The predicted molar refractivity (Wildman–Crippen MR) is 149 cm³/mol. The van der Waals surface area contributed by atoms with Gasteiger partial charge in [0.1, 0.15) is 24.1 Å². The number of alkyl halides is 1. The van der Waals surface area contributed by atoms with Crippen molar-refractivity contribution in [2.45, 2.75) is 83.2 Å². The monoisotopic (exact) mass is 568 g/mol. The number of aromatic nitrogens is 2. The van der Waals surface area contributed by atoms with E-state index in [2.05, 4.69) is 20.2 Å². The van der Waals surface area contributed by atoms with Crippen LogP contribution in [0, 0.1) is 11.2 Å². The van der Waals surface area contributed by atoms with E-state index in [1.807, 2.05) is 25.7 Å². The van der Waals surface area contributed by atoms with Crippen LogP contribution in [0.25, 0.3) is 0 Å². The number of benzene rings is 1. The van der Waals surface area contributed by atoms with E-state index in [1.54, 1.807) is 11.1 Å². The Morgan fingerprint density at radius 3 is 2.56 bits per heavy atom. The molecule has 4 fully saturated rings. The quantitative estimate of drug-likeness (QED) is 0.541. The summed E-state index contributed by atoms with van der Waals surface area (Å²) in [5, 5.41) is 3.06. The second kappa shape index (κ2) is 10.8. The van der Waals surface area contributed by atoms with Crippen molar-refractivity contribution in [2.24, 2.45) is 5.41 Å². The molecule has 2 unspecified atom stereocenters. The van der Waals surface area contributed by atoms with Gasteiger partial charge in [0.2, 0.25) is 5.91 Å². The van der Waals surface area contributed by atoms with E-state index < -0.39 is 18.0 Å². The molecule has 6 rings (SSSR count). The number of hydrogen-bond donors (Lipinski definition) is 1. The molecule has 4 saturated heterocycles. The molecule has 1 spiro atoms. The third kappa shape index (κ3) is 5.13. The van der Waals surface area contributed by atoms with Gasteiger partial charge < -0.3 is 24.8 Å². The van der Waals surface area contributed by atoms with Gasteiger partial charge in [-0.2, -0.15) is 0 Å². The SMILES string of the molecule is CCN(C(=O)c1cc(F)ccc1Oc1cncnc1N1CC2(CC3CCC(C2)N3C(=O)[C@@H]2C[C@@H](F)CN2)C1)C(C)C. The molecular formula is C30H38F2N6O3. The number of anilines is 1. The lowest BCUT2D eigenvalue weighted by Gasteiger charge is -2.57. The number of rotatable bonds is 7. The Hall–Kier alpha value is -3.34. The largest absolute Gasteiger partial charge is 0.451 e. The van der Waals surface area contributed by atoms with Crippen molar-refractivity contribution in [3.8, 4) is 11.5 Å². The molecule has 4 aliphatic rings. The number of carbonyl (C=O) groups excluding carboxylic acids is 2. The summed E-state index contributed by atoms with van der Waals surface area (Å²) < 4.78 is 34.2. The van der Waals surface area contributed by atoms with Crippen molar-refractivity contribution in [1.82, 2.24) is 25.1 Å². The van der Waals surface area contributed by atoms with Gasteiger partial charge in [-0.15, -0.1) is 0 Å². The summed E-state index contributed by atoms with van der Waals surface area (Å²) in [6.07, 6.45) is 6.15. The average Bonchev–Trinajstić information content (AvgIpc) is 3.48. The highest BCUT2D eigenvalue weighted by Gasteiger charge is 2.56. The molecule has 11 heteroatoms. The zero-order valence-electron chi connectivity index (χ0n) is 23.9. The van der Waals surface area contributed by atoms with Crippen molar-refractivity contribution in [2.75, 3.05) is 31.1 Å². The van der Waals surface area contributed by atoms with E-state index in [0.717, 1.165) is 38.8 Å². The summed E-state index contributed by atoms with van der Waals surface area (Å²) in [6.45, 7) is 8.01. The van der Waals surface area contributed by atoms with Crippen LogP contribution in [0.3, 0.4) is 0 Å². The average molecular weight is 569 g/mol. The van der Waals surface area contributed by atoms with Crippen LogP contribution in [-0.2, 0) is 4.79 Å². The molecule has 9 nitrogen and oxygen atoms in total. The maximum atomic E-state index is 14.2. The number of fused-ring (bicyclic) bond motifs is 2. The van der Waals surface area contributed by atoms with Crippen LogP contribution in [0.2, 0.25) is 0 Å². The maximum Gasteiger partial charge on any atom is 0.257 e. The number of amides is 2. The number of piperidine rings is 1. The fourth-order valence-electron chi connectivity index (χ4n) is 7.43. The summed E-state index contributed by atoms with van der Waals surface area (Å²) in [4.78, 5) is 41.1. The summed E-state index contributed by atoms with van der Waals surface area (Å²) in [7, 11) is 0. The fraction of sp³-hybridized carbons (Fsp3) is 0.600.